The van der Waals surface area contributed by atoms with Crippen LogP contribution in [-0.2, 0) is 9.53 Å². The van der Waals surface area contributed by atoms with Crippen LogP contribution in [0.2, 0.25) is 0 Å². The van der Waals surface area contributed by atoms with Gasteiger partial charge in [0.2, 0.25) is 0 Å². The molecule has 0 bridgehead atoms. The number of rotatable bonds is 5. The van der Waals surface area contributed by atoms with Crippen LogP contribution >= 0.6 is 0 Å². The van der Waals surface area contributed by atoms with Gasteiger partial charge in [-0.1, -0.05) is 53.9 Å². The highest BCUT2D eigenvalue weighted by Gasteiger charge is 2.62. The van der Waals surface area contributed by atoms with Crippen molar-refractivity contribution in [3.63, 3.8) is 0 Å². The minimum Gasteiger partial charge on any atom is -0.462 e. The summed E-state index contributed by atoms with van der Waals surface area (Å²) < 4.78 is 6.26. The molecule has 0 aromatic carbocycles. The van der Waals surface area contributed by atoms with E-state index in [0.29, 0.717) is 31.1 Å². The highest BCUT2D eigenvalue weighted by molar-refractivity contribution is 5.70. The molecule has 10 atom stereocenters. The van der Waals surface area contributed by atoms with Gasteiger partial charge in [0.05, 0.1) is 12.2 Å². The first kappa shape index (κ1) is 23.5. The Kier molecular flexibility index (Phi) is 6.55. The van der Waals surface area contributed by atoms with E-state index in [1.165, 1.54) is 32.1 Å². The topological polar surface area (TPSA) is 66.8 Å². The van der Waals surface area contributed by atoms with Crippen molar-refractivity contribution >= 4 is 5.97 Å². The Bertz CT molecular complexity index is 662. The van der Waals surface area contributed by atoms with Crippen LogP contribution in [0.4, 0.5) is 0 Å². The molecule has 1 saturated heterocycles. The molecule has 4 heteroatoms. The molecule has 4 nitrogen and oxygen atoms in total. The minimum atomic E-state index is -0.709. The van der Waals surface area contributed by atoms with Gasteiger partial charge in [-0.05, 0) is 73.0 Å². The molecule has 1 heterocycles. The van der Waals surface area contributed by atoms with Gasteiger partial charge in [-0.15, -0.1) is 0 Å². The second kappa shape index (κ2) is 8.63. The quantitative estimate of drug-likeness (QED) is 0.573. The first-order valence-electron chi connectivity index (χ1n) is 13.1. The molecule has 2 N–H and O–H groups in total. The predicted molar refractivity (Wildman–Crippen MR) is 122 cm³/mol. The largest absolute Gasteiger partial charge is 0.462 e. The van der Waals surface area contributed by atoms with Crippen LogP contribution in [-0.4, -0.2) is 34.5 Å². The summed E-state index contributed by atoms with van der Waals surface area (Å²) in [6, 6.07) is 0. The van der Waals surface area contributed by atoms with Crippen molar-refractivity contribution in [2.45, 2.75) is 117 Å². The first-order chi connectivity index (χ1) is 14.6. The van der Waals surface area contributed by atoms with Gasteiger partial charge in [0.25, 0.3) is 0 Å². The van der Waals surface area contributed by atoms with Gasteiger partial charge in [0, 0.05) is 18.3 Å². The molecular formula is C27H46O4. The van der Waals surface area contributed by atoms with Crippen LogP contribution in [0.15, 0.2) is 0 Å². The zero-order chi connectivity index (χ0) is 22.6. The lowest BCUT2D eigenvalue weighted by molar-refractivity contribution is -0.168. The van der Waals surface area contributed by atoms with Crippen molar-refractivity contribution in [3.05, 3.63) is 0 Å². The van der Waals surface area contributed by atoms with E-state index in [2.05, 4.69) is 34.6 Å². The summed E-state index contributed by atoms with van der Waals surface area (Å²) in [6.45, 7) is 11.8. The zero-order valence-electron chi connectivity index (χ0n) is 20.5. The summed E-state index contributed by atoms with van der Waals surface area (Å²) in [4.78, 5) is 12.9. The highest BCUT2D eigenvalue weighted by atomic mass is 16.5. The number of ether oxygens (including phenoxy) is 1. The van der Waals surface area contributed by atoms with Crippen molar-refractivity contribution in [2.24, 2.45) is 46.3 Å². The minimum absolute atomic E-state index is 0.0171. The lowest BCUT2D eigenvalue weighted by Crippen LogP contribution is -2.55. The van der Waals surface area contributed by atoms with Crippen molar-refractivity contribution in [3.8, 4) is 0 Å². The van der Waals surface area contributed by atoms with E-state index in [4.69, 9.17) is 4.74 Å². The predicted octanol–water partition coefficient (Wildman–Crippen LogP) is 5.34. The average molecular weight is 435 g/mol. The van der Waals surface area contributed by atoms with Crippen molar-refractivity contribution in [1.82, 2.24) is 0 Å². The monoisotopic (exact) mass is 434 g/mol. The lowest BCUT2D eigenvalue weighted by Gasteiger charge is -2.55. The fourth-order valence-corrected chi connectivity index (χ4v) is 8.61. The van der Waals surface area contributed by atoms with Gasteiger partial charge in [0.1, 0.15) is 6.10 Å². The summed E-state index contributed by atoms with van der Waals surface area (Å²) in [5.74, 6) is 3.00. The van der Waals surface area contributed by atoms with E-state index in [-0.39, 0.29) is 28.8 Å². The summed E-state index contributed by atoms with van der Waals surface area (Å²) in [6.07, 6.45) is 8.74. The van der Waals surface area contributed by atoms with Gasteiger partial charge in [-0.3, -0.25) is 4.79 Å². The van der Waals surface area contributed by atoms with Crippen LogP contribution in [0.5, 0.6) is 0 Å². The number of carbonyl (C=O) groups is 1. The van der Waals surface area contributed by atoms with Crippen LogP contribution in [0.3, 0.4) is 0 Å². The number of carbonyl (C=O) groups excluding carboxylic acids is 1. The van der Waals surface area contributed by atoms with Crippen molar-refractivity contribution in [1.29, 1.82) is 0 Å². The third-order valence-corrected chi connectivity index (χ3v) is 10.5. The molecule has 4 aliphatic rings. The van der Waals surface area contributed by atoms with Crippen molar-refractivity contribution < 1.29 is 19.7 Å². The molecule has 0 amide bonds. The zero-order valence-corrected chi connectivity index (χ0v) is 20.5. The van der Waals surface area contributed by atoms with E-state index >= 15 is 0 Å². The number of fused-ring (bicyclic) bond motifs is 5. The summed E-state index contributed by atoms with van der Waals surface area (Å²) in [5, 5.41) is 20.8. The van der Waals surface area contributed by atoms with Crippen LogP contribution < -0.4 is 0 Å². The van der Waals surface area contributed by atoms with E-state index in [0.717, 1.165) is 30.6 Å². The molecular weight excluding hydrogens is 388 g/mol. The SMILES string of the molecule is CC(C)CCC[C@@H](C)[C@H]1CC[C@H]2[C@@H]3OC(=O)C[C@H]4C[C@H](O)[C@H](O)C[C@]4(C)[C@H]3CC[C@]12C. The van der Waals surface area contributed by atoms with E-state index in [1.807, 2.05) is 0 Å². The first-order valence-corrected chi connectivity index (χ1v) is 13.1. The number of hydrogen-bond donors (Lipinski definition) is 2. The average Bonchev–Trinajstić information content (AvgIpc) is 2.98. The number of aliphatic hydroxyl groups excluding tert-OH is 2. The maximum atomic E-state index is 12.9. The third kappa shape index (κ3) is 4.09. The fraction of sp³-hybridized carbons (Fsp3) is 0.963. The van der Waals surface area contributed by atoms with Gasteiger partial charge >= 0.3 is 5.97 Å². The van der Waals surface area contributed by atoms with Crippen LogP contribution in [0, 0.1) is 46.3 Å². The second-order valence-electron chi connectivity index (χ2n) is 12.7. The molecule has 0 aromatic heterocycles. The molecule has 0 spiro atoms. The molecule has 178 valence electrons. The third-order valence-electron chi connectivity index (χ3n) is 10.5. The maximum Gasteiger partial charge on any atom is 0.306 e. The Balaban J connectivity index is 1.55. The van der Waals surface area contributed by atoms with E-state index < -0.39 is 12.2 Å². The van der Waals surface area contributed by atoms with Gasteiger partial charge in [-0.25, -0.2) is 0 Å². The Morgan fingerprint density at radius 1 is 1.00 bits per heavy atom. The fourth-order valence-electron chi connectivity index (χ4n) is 8.61. The molecule has 0 radical (unpaired) electrons. The van der Waals surface area contributed by atoms with Gasteiger partial charge in [-0.2, -0.15) is 0 Å². The highest BCUT2D eigenvalue weighted by Crippen LogP contribution is 2.65. The van der Waals surface area contributed by atoms with Gasteiger partial charge < -0.3 is 14.9 Å². The molecule has 1 aliphatic heterocycles. The number of esters is 1. The molecule has 0 unspecified atom stereocenters. The van der Waals surface area contributed by atoms with Crippen LogP contribution in [0.1, 0.15) is 98.8 Å². The molecule has 3 saturated carbocycles. The Morgan fingerprint density at radius 3 is 2.42 bits per heavy atom. The lowest BCUT2D eigenvalue weighted by atomic mass is 9.50. The number of aliphatic hydroxyl groups is 2. The Hall–Kier alpha value is -0.610. The van der Waals surface area contributed by atoms with Gasteiger partial charge in [0.15, 0.2) is 0 Å². The Morgan fingerprint density at radius 2 is 1.71 bits per heavy atom. The maximum absolute atomic E-state index is 12.9. The molecule has 4 rings (SSSR count). The summed E-state index contributed by atoms with van der Waals surface area (Å²) in [5.41, 5.74) is 0.124. The van der Waals surface area contributed by atoms with Crippen LogP contribution in [0.25, 0.3) is 0 Å². The normalized spacial score (nSPS) is 48.4. The number of hydrogen-bond acceptors (Lipinski definition) is 4. The summed E-state index contributed by atoms with van der Waals surface area (Å²) >= 11 is 0. The molecule has 0 aromatic rings. The van der Waals surface area contributed by atoms with Crippen molar-refractivity contribution in [2.75, 3.05) is 0 Å². The standard InChI is InChI=1S/C27H46O4/c1-16(2)7-6-8-17(3)19-9-10-20-25-21(11-12-26(19,20)4)27(5)15-23(29)22(28)13-18(27)14-24(30)31-25/h16-23,25,28-29H,6-15H2,1-5H3/t17-,18-,19-,20+,21+,22+,23-,25+,26-,27+/m1/s1. The smallest absolute Gasteiger partial charge is 0.306 e. The summed E-state index contributed by atoms with van der Waals surface area (Å²) in [7, 11) is 0. The second-order valence-corrected chi connectivity index (χ2v) is 12.7. The van der Waals surface area contributed by atoms with E-state index in [1.54, 1.807) is 0 Å². The molecule has 4 fully saturated rings. The molecule has 31 heavy (non-hydrogen) atoms. The van der Waals surface area contributed by atoms with E-state index in [9.17, 15) is 15.0 Å². The Labute approximate surface area is 189 Å². The molecule has 3 aliphatic carbocycles.